The first-order valence-corrected chi connectivity index (χ1v) is 8.23. The maximum Gasteiger partial charge on any atom is 0.271 e. The lowest BCUT2D eigenvalue weighted by molar-refractivity contribution is 0.0955. The summed E-state index contributed by atoms with van der Waals surface area (Å²) in [6.45, 7) is 4.03. The van der Waals surface area contributed by atoms with E-state index in [4.69, 9.17) is 9.47 Å². The minimum absolute atomic E-state index is 0.264. The minimum atomic E-state index is -0.264. The molecule has 0 spiro atoms. The predicted molar refractivity (Wildman–Crippen MR) is 103 cm³/mol. The van der Waals surface area contributed by atoms with Crippen molar-refractivity contribution in [1.29, 1.82) is 0 Å². The third-order valence-electron chi connectivity index (χ3n) is 3.01. The van der Waals surface area contributed by atoms with Crippen LogP contribution in [-0.4, -0.2) is 25.8 Å². The minimum Gasteiger partial charge on any atom is -0.493 e. The second-order valence-electron chi connectivity index (χ2n) is 4.70. The van der Waals surface area contributed by atoms with Gasteiger partial charge in [-0.2, -0.15) is 5.10 Å². The molecule has 0 saturated heterocycles. The van der Waals surface area contributed by atoms with E-state index in [0.717, 1.165) is 9.13 Å². The van der Waals surface area contributed by atoms with Gasteiger partial charge in [0, 0.05) is 5.56 Å². The number of rotatable bonds is 7. The summed E-state index contributed by atoms with van der Waals surface area (Å²) < 4.78 is 11.8. The van der Waals surface area contributed by atoms with Crippen molar-refractivity contribution in [2.45, 2.75) is 0 Å². The van der Waals surface area contributed by atoms with Crippen molar-refractivity contribution >= 4 is 34.7 Å². The van der Waals surface area contributed by atoms with Crippen LogP contribution in [0.25, 0.3) is 0 Å². The Morgan fingerprint density at radius 3 is 2.75 bits per heavy atom. The Morgan fingerprint density at radius 2 is 2.08 bits per heavy atom. The summed E-state index contributed by atoms with van der Waals surface area (Å²) in [7, 11) is 1.57. The molecule has 2 rings (SSSR count). The van der Waals surface area contributed by atoms with Gasteiger partial charge in [-0.05, 0) is 52.4 Å². The van der Waals surface area contributed by atoms with Gasteiger partial charge in [-0.25, -0.2) is 5.43 Å². The average molecular weight is 436 g/mol. The van der Waals surface area contributed by atoms with Crippen molar-refractivity contribution < 1.29 is 14.3 Å². The van der Waals surface area contributed by atoms with E-state index in [1.54, 1.807) is 49.7 Å². The zero-order valence-electron chi connectivity index (χ0n) is 13.2. The fourth-order valence-corrected chi connectivity index (χ4v) is 2.70. The molecular formula is C18H17IN2O3. The van der Waals surface area contributed by atoms with Gasteiger partial charge in [-0.3, -0.25) is 4.79 Å². The second-order valence-corrected chi connectivity index (χ2v) is 5.86. The van der Waals surface area contributed by atoms with E-state index < -0.39 is 0 Å². The SMILES string of the molecule is C=CCOc1c(I)cc(/C=N\NC(=O)c2ccccc2)cc1OC. The molecule has 0 aliphatic rings. The molecule has 0 radical (unpaired) electrons. The molecule has 0 saturated carbocycles. The van der Waals surface area contributed by atoms with Crippen molar-refractivity contribution in [2.24, 2.45) is 5.10 Å². The van der Waals surface area contributed by atoms with E-state index in [1.807, 2.05) is 12.1 Å². The predicted octanol–water partition coefficient (Wildman–Crippen LogP) is 3.63. The first-order valence-electron chi connectivity index (χ1n) is 7.15. The molecular weight excluding hydrogens is 419 g/mol. The molecule has 1 amide bonds. The molecule has 5 nitrogen and oxygen atoms in total. The Morgan fingerprint density at radius 1 is 1.33 bits per heavy atom. The van der Waals surface area contributed by atoms with Crippen LogP contribution in [0.1, 0.15) is 15.9 Å². The monoisotopic (exact) mass is 436 g/mol. The number of hydrogen-bond donors (Lipinski definition) is 1. The van der Waals surface area contributed by atoms with Crippen molar-refractivity contribution in [1.82, 2.24) is 5.43 Å². The second kappa shape index (κ2) is 9.07. The number of benzene rings is 2. The fraction of sp³-hybridized carbons (Fsp3) is 0.111. The average Bonchev–Trinajstić information content (AvgIpc) is 2.61. The number of amides is 1. The van der Waals surface area contributed by atoms with Crippen LogP contribution in [0, 0.1) is 3.57 Å². The van der Waals surface area contributed by atoms with E-state index in [1.165, 1.54) is 0 Å². The zero-order valence-corrected chi connectivity index (χ0v) is 15.3. The summed E-state index contributed by atoms with van der Waals surface area (Å²) in [4.78, 5) is 11.9. The normalized spacial score (nSPS) is 10.4. The summed E-state index contributed by atoms with van der Waals surface area (Å²) in [6, 6.07) is 12.6. The molecule has 0 unspecified atom stereocenters. The fourth-order valence-electron chi connectivity index (χ4n) is 1.92. The first-order chi connectivity index (χ1) is 11.7. The van der Waals surface area contributed by atoms with Gasteiger partial charge < -0.3 is 9.47 Å². The van der Waals surface area contributed by atoms with Crippen LogP contribution >= 0.6 is 22.6 Å². The Kier molecular flexibility index (Phi) is 6.80. The number of halogens is 1. The van der Waals surface area contributed by atoms with Crippen LogP contribution < -0.4 is 14.9 Å². The molecule has 2 aromatic carbocycles. The topological polar surface area (TPSA) is 59.9 Å². The number of nitrogens with zero attached hydrogens (tertiary/aromatic N) is 1. The van der Waals surface area contributed by atoms with Gasteiger partial charge in [0.25, 0.3) is 5.91 Å². The lowest BCUT2D eigenvalue weighted by Crippen LogP contribution is -2.17. The number of methoxy groups -OCH3 is 1. The molecule has 0 aromatic heterocycles. The summed E-state index contributed by atoms with van der Waals surface area (Å²) in [5, 5.41) is 3.99. The van der Waals surface area contributed by atoms with E-state index in [2.05, 4.69) is 39.7 Å². The summed E-state index contributed by atoms with van der Waals surface area (Å²) in [5.74, 6) is 0.988. The number of nitrogens with one attached hydrogen (secondary N) is 1. The van der Waals surface area contributed by atoms with Crippen LogP contribution in [0.2, 0.25) is 0 Å². The molecule has 0 aliphatic heterocycles. The van der Waals surface area contributed by atoms with Gasteiger partial charge in [0.2, 0.25) is 0 Å². The highest BCUT2D eigenvalue weighted by atomic mass is 127. The van der Waals surface area contributed by atoms with E-state index in [0.29, 0.717) is 23.7 Å². The molecule has 0 heterocycles. The Hall–Kier alpha value is -2.35. The molecule has 0 aliphatic carbocycles. The smallest absolute Gasteiger partial charge is 0.271 e. The Labute approximate surface area is 154 Å². The molecule has 24 heavy (non-hydrogen) atoms. The lowest BCUT2D eigenvalue weighted by atomic mass is 10.2. The van der Waals surface area contributed by atoms with E-state index in [9.17, 15) is 4.79 Å². The van der Waals surface area contributed by atoms with Crippen LogP contribution in [0.4, 0.5) is 0 Å². The number of ether oxygens (including phenoxy) is 2. The van der Waals surface area contributed by atoms with Gasteiger partial charge >= 0.3 is 0 Å². The summed E-state index contributed by atoms with van der Waals surface area (Å²) in [5.41, 5.74) is 3.83. The van der Waals surface area contributed by atoms with Crippen molar-refractivity contribution in [3.63, 3.8) is 0 Å². The number of carbonyl (C=O) groups is 1. The summed E-state index contributed by atoms with van der Waals surface area (Å²) >= 11 is 2.16. The first kappa shape index (κ1) is 18.0. The lowest BCUT2D eigenvalue weighted by Gasteiger charge is -2.12. The highest BCUT2D eigenvalue weighted by molar-refractivity contribution is 14.1. The van der Waals surface area contributed by atoms with Crippen LogP contribution in [0.3, 0.4) is 0 Å². The molecule has 0 fully saturated rings. The zero-order chi connectivity index (χ0) is 17.4. The molecule has 2 aromatic rings. The van der Waals surface area contributed by atoms with E-state index >= 15 is 0 Å². The Balaban J connectivity index is 2.10. The third-order valence-corrected chi connectivity index (χ3v) is 3.81. The highest BCUT2D eigenvalue weighted by Crippen LogP contribution is 2.33. The van der Waals surface area contributed by atoms with E-state index in [-0.39, 0.29) is 5.91 Å². The van der Waals surface area contributed by atoms with Gasteiger partial charge in [-0.15, -0.1) is 0 Å². The molecule has 6 heteroatoms. The van der Waals surface area contributed by atoms with Crippen LogP contribution in [0.5, 0.6) is 11.5 Å². The van der Waals surface area contributed by atoms with Gasteiger partial charge in [0.15, 0.2) is 11.5 Å². The number of hydrogen-bond acceptors (Lipinski definition) is 4. The maximum atomic E-state index is 11.9. The van der Waals surface area contributed by atoms with Crippen LogP contribution in [0.15, 0.2) is 60.2 Å². The van der Waals surface area contributed by atoms with Crippen molar-refractivity contribution in [3.05, 3.63) is 69.8 Å². The van der Waals surface area contributed by atoms with Gasteiger partial charge in [0.1, 0.15) is 6.61 Å². The number of hydrazone groups is 1. The molecule has 0 bridgehead atoms. The quantitative estimate of drug-likeness (QED) is 0.312. The maximum absolute atomic E-state index is 11.9. The largest absolute Gasteiger partial charge is 0.493 e. The molecule has 124 valence electrons. The number of carbonyl (C=O) groups excluding carboxylic acids is 1. The van der Waals surface area contributed by atoms with Gasteiger partial charge in [-0.1, -0.05) is 30.9 Å². The summed E-state index contributed by atoms with van der Waals surface area (Å²) in [6.07, 6.45) is 3.23. The van der Waals surface area contributed by atoms with Gasteiger partial charge in [0.05, 0.1) is 16.9 Å². The van der Waals surface area contributed by atoms with Crippen molar-refractivity contribution in [2.75, 3.05) is 13.7 Å². The molecule has 1 N–H and O–H groups in total. The Bertz CT molecular complexity index is 745. The third kappa shape index (κ3) is 4.82. The van der Waals surface area contributed by atoms with Crippen LogP contribution in [-0.2, 0) is 0 Å². The highest BCUT2D eigenvalue weighted by Gasteiger charge is 2.10. The standard InChI is InChI=1S/C18H17IN2O3/c1-3-9-24-17-15(19)10-13(11-16(17)23-2)12-20-21-18(22)14-7-5-4-6-8-14/h3-8,10-12H,1,9H2,2H3,(H,21,22)/b20-12-. The van der Waals surface area contributed by atoms with Crippen molar-refractivity contribution in [3.8, 4) is 11.5 Å². The molecule has 0 atom stereocenters.